The number of carbonyl (C=O) groups excluding carboxylic acids is 2. The maximum absolute atomic E-state index is 14.5. The quantitative estimate of drug-likeness (QED) is 0.368. The van der Waals surface area contributed by atoms with Crippen LogP contribution < -0.4 is 5.32 Å². The molecule has 13 heteroatoms. The topological polar surface area (TPSA) is 113 Å². The Bertz CT molecular complexity index is 1200. The summed E-state index contributed by atoms with van der Waals surface area (Å²) >= 11 is 0. The molecule has 1 unspecified atom stereocenters. The number of ether oxygens (including phenoxy) is 1. The largest absolute Gasteiger partial charge is 0.461 e. The van der Waals surface area contributed by atoms with Crippen LogP contribution in [0.15, 0.2) is 35.2 Å². The van der Waals surface area contributed by atoms with Gasteiger partial charge < -0.3 is 15.2 Å². The molecular formula is C21H20F4N2O6S. The molecule has 1 aliphatic heterocycles. The van der Waals surface area contributed by atoms with Crippen molar-refractivity contribution < 1.29 is 45.4 Å². The second kappa shape index (κ2) is 10.1. The van der Waals surface area contributed by atoms with Crippen LogP contribution in [0.4, 0.5) is 23.2 Å². The minimum atomic E-state index is -4.61. The first-order valence-electron chi connectivity index (χ1n) is 9.99. The Morgan fingerprint density at radius 3 is 2.29 bits per heavy atom. The second-order valence-electron chi connectivity index (χ2n) is 7.64. The van der Waals surface area contributed by atoms with Crippen molar-refractivity contribution in [1.29, 1.82) is 0 Å². The molecule has 8 nitrogen and oxygen atoms in total. The van der Waals surface area contributed by atoms with Gasteiger partial charge in [-0.15, -0.1) is 0 Å². The van der Waals surface area contributed by atoms with Gasteiger partial charge in [0, 0.05) is 36.9 Å². The van der Waals surface area contributed by atoms with E-state index in [1.807, 2.05) is 0 Å². The van der Waals surface area contributed by atoms with Crippen molar-refractivity contribution in [2.45, 2.75) is 36.9 Å². The number of aliphatic hydroxyl groups excluding tert-OH is 1. The SMILES string of the molecule is CC(=O)OC1CC[C@H](O)CN(S(=O)(=O)c2cc(C(=O)Nc3cc(F)c(F)c(F)c3)ccc2F)C1. The molecule has 0 spiro atoms. The Labute approximate surface area is 192 Å². The average molecular weight is 504 g/mol. The van der Waals surface area contributed by atoms with E-state index in [9.17, 15) is 40.7 Å². The molecule has 2 aromatic carbocycles. The number of nitrogens with zero attached hydrogens (tertiary/aromatic N) is 1. The highest BCUT2D eigenvalue weighted by Crippen LogP contribution is 2.26. The normalized spacial score (nSPS) is 19.4. The summed E-state index contributed by atoms with van der Waals surface area (Å²) in [6.07, 6.45) is -1.65. The number of nitrogens with one attached hydrogen (secondary N) is 1. The third-order valence-electron chi connectivity index (χ3n) is 5.03. The lowest BCUT2D eigenvalue weighted by Crippen LogP contribution is -2.40. The van der Waals surface area contributed by atoms with Crippen LogP contribution in [0.5, 0.6) is 0 Å². The van der Waals surface area contributed by atoms with Crippen LogP contribution in [0, 0.1) is 23.3 Å². The summed E-state index contributed by atoms with van der Waals surface area (Å²) < 4.78 is 86.6. The Hall–Kier alpha value is -3.03. The molecule has 2 aromatic rings. The first-order chi connectivity index (χ1) is 15.9. The van der Waals surface area contributed by atoms with E-state index in [1.165, 1.54) is 0 Å². The van der Waals surface area contributed by atoms with Crippen LogP contribution in [0.2, 0.25) is 0 Å². The maximum Gasteiger partial charge on any atom is 0.302 e. The average Bonchev–Trinajstić information content (AvgIpc) is 2.93. The van der Waals surface area contributed by atoms with Gasteiger partial charge in [0.05, 0.1) is 12.6 Å². The number of β-amino-alcohol motifs (C(OH)–C–C–N with tert-alkyl or cyclic N) is 1. The molecule has 0 aromatic heterocycles. The molecule has 1 saturated heterocycles. The molecule has 3 rings (SSSR count). The van der Waals surface area contributed by atoms with E-state index in [1.54, 1.807) is 0 Å². The molecule has 2 atom stereocenters. The lowest BCUT2D eigenvalue weighted by Gasteiger charge is -2.24. The lowest BCUT2D eigenvalue weighted by molar-refractivity contribution is -0.146. The van der Waals surface area contributed by atoms with Crippen LogP contribution >= 0.6 is 0 Å². The number of amides is 1. The van der Waals surface area contributed by atoms with E-state index < -0.39 is 74.5 Å². The van der Waals surface area contributed by atoms with Gasteiger partial charge in [-0.2, -0.15) is 4.31 Å². The van der Waals surface area contributed by atoms with Gasteiger partial charge in [0.15, 0.2) is 17.5 Å². The van der Waals surface area contributed by atoms with Crippen LogP contribution in [0.1, 0.15) is 30.1 Å². The summed E-state index contributed by atoms with van der Waals surface area (Å²) in [6, 6.07) is 3.41. The number of esters is 1. The predicted octanol–water partition coefficient (Wildman–Crippen LogP) is 2.57. The Kier molecular flexibility index (Phi) is 7.58. The zero-order valence-electron chi connectivity index (χ0n) is 17.7. The Morgan fingerprint density at radius 2 is 1.68 bits per heavy atom. The Morgan fingerprint density at radius 1 is 1.03 bits per heavy atom. The number of aliphatic hydroxyl groups is 1. The van der Waals surface area contributed by atoms with Crippen molar-refractivity contribution in [3.05, 3.63) is 59.2 Å². The summed E-state index contributed by atoms with van der Waals surface area (Å²) in [5.41, 5.74) is -0.827. The third kappa shape index (κ3) is 5.72. The number of benzene rings is 2. The van der Waals surface area contributed by atoms with Crippen molar-refractivity contribution >= 4 is 27.6 Å². The highest BCUT2D eigenvalue weighted by Gasteiger charge is 2.35. The molecule has 1 heterocycles. The minimum absolute atomic E-state index is 0.139. The van der Waals surface area contributed by atoms with E-state index in [-0.39, 0.29) is 24.9 Å². The number of hydrogen-bond donors (Lipinski definition) is 2. The number of halogens is 4. The molecule has 1 amide bonds. The van der Waals surface area contributed by atoms with Crippen molar-refractivity contribution in [1.82, 2.24) is 4.31 Å². The maximum atomic E-state index is 14.5. The van der Waals surface area contributed by atoms with Gasteiger partial charge in [-0.25, -0.2) is 26.0 Å². The van der Waals surface area contributed by atoms with Gasteiger partial charge in [-0.05, 0) is 31.0 Å². The van der Waals surface area contributed by atoms with E-state index >= 15 is 0 Å². The molecule has 34 heavy (non-hydrogen) atoms. The number of hydrogen-bond acceptors (Lipinski definition) is 6. The Balaban J connectivity index is 1.90. The van der Waals surface area contributed by atoms with E-state index in [0.717, 1.165) is 17.3 Å². The fraction of sp³-hybridized carbons (Fsp3) is 0.333. The zero-order valence-corrected chi connectivity index (χ0v) is 18.5. The summed E-state index contributed by atoms with van der Waals surface area (Å²) in [6.45, 7) is 0.397. The standard InChI is InChI=1S/C21H20F4N2O6S/c1-11(28)33-15-4-3-14(29)9-27(10-15)34(31,32)19-6-12(2-5-16(19)22)21(30)26-13-7-17(23)20(25)18(24)8-13/h2,5-8,14-15,29H,3-4,9-10H2,1H3,(H,26,30)/t14-,15?/m0/s1. The third-order valence-corrected chi connectivity index (χ3v) is 6.88. The highest BCUT2D eigenvalue weighted by molar-refractivity contribution is 7.89. The summed E-state index contributed by atoms with van der Waals surface area (Å²) in [4.78, 5) is 22.9. The van der Waals surface area contributed by atoms with Gasteiger partial charge in [0.25, 0.3) is 5.91 Å². The molecule has 2 N–H and O–H groups in total. The highest BCUT2D eigenvalue weighted by atomic mass is 32.2. The number of sulfonamides is 1. The second-order valence-corrected chi connectivity index (χ2v) is 9.54. The molecule has 0 aliphatic carbocycles. The molecular weight excluding hydrogens is 484 g/mol. The first kappa shape index (κ1) is 25.6. The lowest BCUT2D eigenvalue weighted by atomic mass is 10.1. The van der Waals surface area contributed by atoms with Crippen LogP contribution in [-0.4, -0.2) is 55.0 Å². The van der Waals surface area contributed by atoms with Gasteiger partial charge >= 0.3 is 5.97 Å². The molecule has 0 radical (unpaired) electrons. The summed E-state index contributed by atoms with van der Waals surface area (Å²) in [5.74, 6) is -7.75. The molecule has 1 aliphatic rings. The fourth-order valence-electron chi connectivity index (χ4n) is 3.44. The zero-order chi connectivity index (χ0) is 25.2. The molecule has 1 fully saturated rings. The van der Waals surface area contributed by atoms with E-state index in [4.69, 9.17) is 4.74 Å². The van der Waals surface area contributed by atoms with Crippen molar-refractivity contribution in [3.8, 4) is 0 Å². The monoisotopic (exact) mass is 504 g/mol. The number of carbonyl (C=O) groups is 2. The number of rotatable bonds is 5. The molecule has 0 saturated carbocycles. The summed E-state index contributed by atoms with van der Waals surface area (Å²) in [7, 11) is -4.61. The van der Waals surface area contributed by atoms with Gasteiger partial charge in [-0.3, -0.25) is 9.59 Å². The van der Waals surface area contributed by atoms with Gasteiger partial charge in [0.1, 0.15) is 16.8 Å². The predicted molar refractivity (Wildman–Crippen MR) is 110 cm³/mol. The van der Waals surface area contributed by atoms with Crippen LogP contribution in [0.25, 0.3) is 0 Å². The van der Waals surface area contributed by atoms with Crippen molar-refractivity contribution in [2.75, 3.05) is 18.4 Å². The van der Waals surface area contributed by atoms with E-state index in [2.05, 4.69) is 5.32 Å². The van der Waals surface area contributed by atoms with Crippen LogP contribution in [-0.2, 0) is 19.6 Å². The minimum Gasteiger partial charge on any atom is -0.461 e. The van der Waals surface area contributed by atoms with Crippen LogP contribution in [0.3, 0.4) is 0 Å². The smallest absolute Gasteiger partial charge is 0.302 e. The first-order valence-corrected chi connectivity index (χ1v) is 11.4. The van der Waals surface area contributed by atoms with Gasteiger partial charge in [-0.1, -0.05) is 0 Å². The van der Waals surface area contributed by atoms with Gasteiger partial charge in [0.2, 0.25) is 10.0 Å². The van der Waals surface area contributed by atoms with Crippen molar-refractivity contribution in [3.63, 3.8) is 0 Å². The summed E-state index contributed by atoms with van der Waals surface area (Å²) in [5, 5.41) is 12.1. The molecule has 184 valence electrons. The van der Waals surface area contributed by atoms with Crippen molar-refractivity contribution in [2.24, 2.45) is 0 Å². The van der Waals surface area contributed by atoms with E-state index in [0.29, 0.717) is 24.3 Å². The molecule has 0 bridgehead atoms. The fourth-order valence-corrected chi connectivity index (χ4v) is 5.04. The number of anilines is 1.